The number of hydrogen-bond donors (Lipinski definition) is 1. The van der Waals surface area contributed by atoms with E-state index in [-0.39, 0.29) is 11.8 Å². The Balaban J connectivity index is 1.34. The Kier molecular flexibility index (Phi) is 5.27. The lowest BCUT2D eigenvalue weighted by Crippen LogP contribution is -2.37. The number of nitrogens with one attached hydrogen (secondary N) is 1. The molecule has 8 heteroatoms. The van der Waals surface area contributed by atoms with Crippen LogP contribution in [-0.4, -0.2) is 57.9 Å². The fraction of sp³-hybridized carbons (Fsp3) is 0.632. The highest BCUT2D eigenvalue weighted by atomic mass is 16.5. The van der Waals surface area contributed by atoms with E-state index in [1.54, 1.807) is 0 Å². The summed E-state index contributed by atoms with van der Waals surface area (Å²) in [5, 5.41) is 6.88. The van der Waals surface area contributed by atoms with Crippen LogP contribution in [0, 0.1) is 0 Å². The van der Waals surface area contributed by atoms with Crippen LogP contribution in [0.5, 0.6) is 0 Å². The molecule has 4 heterocycles. The summed E-state index contributed by atoms with van der Waals surface area (Å²) < 4.78 is 12.9. The Morgan fingerprint density at radius 3 is 3.00 bits per heavy atom. The third-order valence-electron chi connectivity index (χ3n) is 5.34. The standard InChI is InChI=1S/C19H27N5O3/c1-13(2)17-9-14(22-27-17)10-20-19(25)16-11-24-7-6-23(5-3-18(24)21-16)15-4-8-26-12-15/h9,11,13,15H,3-8,10,12H2,1-2H3,(H,20,25). The fourth-order valence-electron chi connectivity index (χ4n) is 3.67. The van der Waals surface area contributed by atoms with Crippen molar-refractivity contribution in [3.05, 3.63) is 35.2 Å². The molecule has 2 aliphatic heterocycles. The van der Waals surface area contributed by atoms with Crippen LogP contribution in [0.15, 0.2) is 16.8 Å². The molecule has 0 aromatic carbocycles. The lowest BCUT2D eigenvalue weighted by atomic mass is 10.1. The third kappa shape index (κ3) is 4.06. The summed E-state index contributed by atoms with van der Waals surface area (Å²) in [6.45, 7) is 8.90. The smallest absolute Gasteiger partial charge is 0.271 e. The first-order valence-corrected chi connectivity index (χ1v) is 9.71. The van der Waals surface area contributed by atoms with E-state index in [2.05, 4.69) is 24.9 Å². The van der Waals surface area contributed by atoms with Crippen molar-refractivity contribution in [3.63, 3.8) is 0 Å². The Hall–Kier alpha value is -2.19. The Morgan fingerprint density at radius 1 is 1.37 bits per heavy atom. The number of carbonyl (C=O) groups is 1. The molecule has 1 fully saturated rings. The van der Waals surface area contributed by atoms with Crippen LogP contribution in [0.2, 0.25) is 0 Å². The summed E-state index contributed by atoms with van der Waals surface area (Å²) in [4.78, 5) is 19.5. The molecule has 0 bridgehead atoms. The molecule has 1 N–H and O–H groups in total. The minimum Gasteiger partial charge on any atom is -0.380 e. The first-order chi connectivity index (χ1) is 13.1. The Bertz CT molecular complexity index is 766. The second-order valence-electron chi connectivity index (χ2n) is 7.60. The largest absolute Gasteiger partial charge is 0.380 e. The average Bonchev–Trinajstić information content (AvgIpc) is 3.39. The second kappa shape index (κ2) is 7.82. The van der Waals surface area contributed by atoms with Gasteiger partial charge in [0.15, 0.2) is 0 Å². The van der Waals surface area contributed by atoms with E-state index in [9.17, 15) is 4.79 Å². The van der Waals surface area contributed by atoms with Crippen molar-refractivity contribution in [2.75, 3.05) is 26.3 Å². The van der Waals surface area contributed by atoms with Crippen LogP contribution >= 0.6 is 0 Å². The molecule has 0 aliphatic carbocycles. The van der Waals surface area contributed by atoms with Gasteiger partial charge in [-0.15, -0.1) is 0 Å². The predicted molar refractivity (Wildman–Crippen MR) is 98.5 cm³/mol. The highest BCUT2D eigenvalue weighted by Gasteiger charge is 2.26. The molecular formula is C19H27N5O3. The maximum absolute atomic E-state index is 12.5. The SMILES string of the molecule is CC(C)c1cc(CNC(=O)c2cn3c(n2)CCN(C2CCOC2)CC3)no1. The summed E-state index contributed by atoms with van der Waals surface area (Å²) in [5.74, 6) is 1.90. The molecule has 8 nitrogen and oxygen atoms in total. The number of aromatic nitrogens is 3. The van der Waals surface area contributed by atoms with Gasteiger partial charge in [0.2, 0.25) is 0 Å². The minimum absolute atomic E-state index is 0.175. The van der Waals surface area contributed by atoms with Crippen molar-refractivity contribution >= 4 is 5.91 Å². The minimum atomic E-state index is -0.175. The summed E-state index contributed by atoms with van der Waals surface area (Å²) in [6.07, 6.45) is 3.82. The lowest BCUT2D eigenvalue weighted by Gasteiger charge is -2.25. The molecule has 0 spiro atoms. The molecule has 2 aliphatic rings. The number of fused-ring (bicyclic) bond motifs is 1. The number of ether oxygens (including phenoxy) is 1. The zero-order valence-electron chi connectivity index (χ0n) is 16.0. The number of rotatable bonds is 5. The van der Waals surface area contributed by atoms with Crippen LogP contribution < -0.4 is 5.32 Å². The van der Waals surface area contributed by atoms with Gasteiger partial charge in [-0.1, -0.05) is 19.0 Å². The van der Waals surface area contributed by atoms with Gasteiger partial charge < -0.3 is 19.1 Å². The summed E-state index contributed by atoms with van der Waals surface area (Å²) in [7, 11) is 0. The molecule has 1 atom stereocenters. The zero-order valence-corrected chi connectivity index (χ0v) is 16.0. The van der Waals surface area contributed by atoms with Gasteiger partial charge in [0.1, 0.15) is 23.0 Å². The van der Waals surface area contributed by atoms with Crippen molar-refractivity contribution in [2.45, 2.75) is 51.7 Å². The maximum Gasteiger partial charge on any atom is 0.271 e. The third-order valence-corrected chi connectivity index (χ3v) is 5.34. The topological polar surface area (TPSA) is 85.4 Å². The molecular weight excluding hydrogens is 346 g/mol. The summed E-state index contributed by atoms with van der Waals surface area (Å²) in [5.41, 5.74) is 1.19. The van der Waals surface area contributed by atoms with Crippen LogP contribution in [0.25, 0.3) is 0 Å². The van der Waals surface area contributed by atoms with Crippen molar-refractivity contribution in [3.8, 4) is 0 Å². The van der Waals surface area contributed by atoms with Crippen molar-refractivity contribution in [2.24, 2.45) is 0 Å². The average molecular weight is 373 g/mol. The van der Waals surface area contributed by atoms with E-state index < -0.39 is 0 Å². The van der Waals surface area contributed by atoms with Gasteiger partial charge >= 0.3 is 0 Å². The van der Waals surface area contributed by atoms with Crippen LogP contribution in [0.3, 0.4) is 0 Å². The summed E-state index contributed by atoms with van der Waals surface area (Å²) >= 11 is 0. The quantitative estimate of drug-likeness (QED) is 0.856. The molecule has 2 aromatic heterocycles. The van der Waals surface area contributed by atoms with E-state index in [0.29, 0.717) is 18.3 Å². The van der Waals surface area contributed by atoms with E-state index >= 15 is 0 Å². The molecule has 1 amide bonds. The molecule has 4 rings (SSSR count). The van der Waals surface area contributed by atoms with E-state index in [1.807, 2.05) is 26.1 Å². The van der Waals surface area contributed by atoms with Crippen LogP contribution in [0.4, 0.5) is 0 Å². The van der Waals surface area contributed by atoms with Crippen molar-refractivity contribution < 1.29 is 14.1 Å². The van der Waals surface area contributed by atoms with Gasteiger partial charge in [-0.25, -0.2) is 4.98 Å². The van der Waals surface area contributed by atoms with Crippen LogP contribution in [-0.2, 0) is 24.2 Å². The van der Waals surface area contributed by atoms with E-state index in [0.717, 1.165) is 63.0 Å². The highest BCUT2D eigenvalue weighted by Crippen LogP contribution is 2.17. The van der Waals surface area contributed by atoms with Crippen molar-refractivity contribution in [1.82, 2.24) is 24.9 Å². The molecule has 1 unspecified atom stereocenters. The number of amides is 1. The fourth-order valence-corrected chi connectivity index (χ4v) is 3.67. The normalized spacial score (nSPS) is 20.6. The van der Waals surface area contributed by atoms with Crippen molar-refractivity contribution in [1.29, 1.82) is 0 Å². The summed E-state index contributed by atoms with van der Waals surface area (Å²) in [6, 6.07) is 2.41. The number of hydrogen-bond acceptors (Lipinski definition) is 6. The molecule has 0 saturated carbocycles. The second-order valence-corrected chi connectivity index (χ2v) is 7.60. The number of carbonyl (C=O) groups excluding carboxylic acids is 1. The maximum atomic E-state index is 12.5. The lowest BCUT2D eigenvalue weighted by molar-refractivity contribution is 0.0945. The molecule has 146 valence electrons. The molecule has 27 heavy (non-hydrogen) atoms. The highest BCUT2D eigenvalue weighted by molar-refractivity contribution is 5.92. The first kappa shape index (κ1) is 18.2. The monoisotopic (exact) mass is 373 g/mol. The van der Waals surface area contributed by atoms with E-state index in [1.165, 1.54) is 0 Å². The number of imidazole rings is 1. The van der Waals surface area contributed by atoms with E-state index in [4.69, 9.17) is 9.26 Å². The molecule has 1 saturated heterocycles. The van der Waals surface area contributed by atoms with Gasteiger partial charge in [0.05, 0.1) is 13.2 Å². The Morgan fingerprint density at radius 2 is 2.26 bits per heavy atom. The Labute approximate surface area is 158 Å². The van der Waals surface area contributed by atoms with Gasteiger partial charge in [0, 0.05) is 56.9 Å². The number of nitrogens with zero attached hydrogens (tertiary/aromatic N) is 4. The first-order valence-electron chi connectivity index (χ1n) is 9.71. The zero-order chi connectivity index (χ0) is 18.8. The predicted octanol–water partition coefficient (Wildman–Crippen LogP) is 1.57. The van der Waals surface area contributed by atoms with Gasteiger partial charge in [-0.2, -0.15) is 0 Å². The van der Waals surface area contributed by atoms with Gasteiger partial charge in [0.25, 0.3) is 5.91 Å². The van der Waals surface area contributed by atoms with Crippen LogP contribution in [0.1, 0.15) is 54.0 Å². The molecule has 0 radical (unpaired) electrons. The molecule has 2 aromatic rings. The van der Waals surface area contributed by atoms with Gasteiger partial charge in [-0.3, -0.25) is 9.69 Å². The van der Waals surface area contributed by atoms with Gasteiger partial charge in [-0.05, 0) is 6.42 Å².